The predicted octanol–water partition coefficient (Wildman–Crippen LogP) is 2.90. The summed E-state index contributed by atoms with van der Waals surface area (Å²) < 4.78 is 2.13. The summed E-state index contributed by atoms with van der Waals surface area (Å²) in [6.45, 7) is 6.57. The second-order valence-corrected chi connectivity index (χ2v) is 4.72. The van der Waals surface area contributed by atoms with Crippen LogP contribution in [0, 0.1) is 6.92 Å². The molecule has 2 rings (SSSR count). The fraction of sp³-hybridized carbons (Fsp3) is 0.438. The average Bonchev–Trinajstić information content (AvgIpc) is 2.83. The van der Waals surface area contributed by atoms with E-state index in [1.165, 1.54) is 35.5 Å². The first-order valence-corrected chi connectivity index (χ1v) is 7.24. The maximum atomic E-state index is 4.72. The first-order chi connectivity index (χ1) is 9.77. The van der Waals surface area contributed by atoms with Gasteiger partial charge in [-0.2, -0.15) is 5.10 Å². The van der Waals surface area contributed by atoms with E-state index in [4.69, 9.17) is 5.10 Å². The maximum Gasteiger partial charge on any atom is 0.0649 e. The van der Waals surface area contributed by atoms with E-state index >= 15 is 0 Å². The van der Waals surface area contributed by atoms with Crippen LogP contribution in [0.25, 0.3) is 5.69 Å². The lowest BCUT2D eigenvalue weighted by Crippen LogP contribution is -2.03. The van der Waals surface area contributed by atoms with Crippen LogP contribution in [0.1, 0.15) is 43.6 Å². The van der Waals surface area contributed by atoms with E-state index in [2.05, 4.69) is 61.4 Å². The third-order valence-corrected chi connectivity index (χ3v) is 3.41. The summed E-state index contributed by atoms with van der Waals surface area (Å²) in [5, 5.41) is 4.72. The van der Waals surface area contributed by atoms with Crippen LogP contribution in [-0.4, -0.2) is 9.78 Å². The summed E-state index contributed by atoms with van der Waals surface area (Å²) in [7, 11) is 0. The molecule has 0 spiro atoms. The van der Waals surface area contributed by atoms with Gasteiger partial charge in [0.25, 0.3) is 0 Å². The zero-order valence-electron chi connectivity index (χ0n) is 12.8. The summed E-state index contributed by atoms with van der Waals surface area (Å²) >= 11 is 0. The molecule has 1 aromatic heterocycles. The van der Waals surface area contributed by atoms with Crippen molar-refractivity contribution >= 4 is 0 Å². The first-order valence-electron chi connectivity index (χ1n) is 7.24. The number of rotatable bonds is 5. The number of hydrazine groups is 1. The van der Waals surface area contributed by atoms with E-state index in [9.17, 15) is 0 Å². The lowest BCUT2D eigenvalue weighted by atomic mass is 10.1. The second kappa shape index (κ2) is 8.51. The molecular weight excluding hydrogens is 248 g/mol. The Morgan fingerprint density at radius 3 is 2.30 bits per heavy atom. The van der Waals surface area contributed by atoms with Gasteiger partial charge < -0.3 is 0 Å². The van der Waals surface area contributed by atoms with E-state index in [1.54, 1.807) is 0 Å². The highest BCUT2D eigenvalue weighted by Crippen LogP contribution is 2.21. The van der Waals surface area contributed by atoms with Crippen LogP contribution in [0.3, 0.4) is 0 Å². The Labute approximate surface area is 121 Å². The van der Waals surface area contributed by atoms with Gasteiger partial charge in [-0.25, -0.2) is 4.68 Å². The van der Waals surface area contributed by atoms with Gasteiger partial charge in [0.05, 0.1) is 11.4 Å². The molecule has 0 amide bonds. The lowest BCUT2D eigenvalue weighted by Gasteiger charge is -2.08. The van der Waals surface area contributed by atoms with Gasteiger partial charge in [0, 0.05) is 5.69 Å². The number of hydrogen-bond acceptors (Lipinski definition) is 3. The largest absolute Gasteiger partial charge is 0.274 e. The minimum atomic E-state index is 1.07. The highest BCUT2D eigenvalue weighted by Gasteiger charge is 2.14. The van der Waals surface area contributed by atoms with Crippen molar-refractivity contribution in [3.63, 3.8) is 0 Å². The van der Waals surface area contributed by atoms with Crippen molar-refractivity contribution in [2.75, 3.05) is 0 Å². The van der Waals surface area contributed by atoms with Crippen LogP contribution in [0.2, 0.25) is 0 Å². The standard InChI is InChI=1S/C16H22N2.H4N2/c1-4-6-12-16-15(5-2)13(3)17-18(16)14-10-8-7-9-11-14;1-2/h7-11H,4-6,12H2,1-3H3;1-2H2. The van der Waals surface area contributed by atoms with Gasteiger partial charge in [-0.15, -0.1) is 0 Å². The molecule has 1 aromatic carbocycles. The number of nitrogens with zero attached hydrogens (tertiary/aromatic N) is 2. The molecule has 110 valence electrons. The Morgan fingerprint density at radius 2 is 1.75 bits per heavy atom. The predicted molar refractivity (Wildman–Crippen MR) is 84.7 cm³/mol. The Morgan fingerprint density at radius 1 is 1.10 bits per heavy atom. The molecule has 0 aliphatic rings. The van der Waals surface area contributed by atoms with E-state index in [1.807, 2.05) is 6.07 Å². The second-order valence-electron chi connectivity index (χ2n) is 4.72. The van der Waals surface area contributed by atoms with Crippen LogP contribution >= 0.6 is 0 Å². The lowest BCUT2D eigenvalue weighted by molar-refractivity contribution is 0.722. The van der Waals surface area contributed by atoms with Gasteiger partial charge in [0.2, 0.25) is 0 Å². The summed E-state index contributed by atoms with van der Waals surface area (Å²) in [6, 6.07) is 10.4. The fourth-order valence-electron chi connectivity index (χ4n) is 2.45. The van der Waals surface area contributed by atoms with Crippen LogP contribution in [-0.2, 0) is 12.8 Å². The molecule has 0 saturated heterocycles. The molecule has 0 bridgehead atoms. The maximum absolute atomic E-state index is 4.72. The highest BCUT2D eigenvalue weighted by atomic mass is 15.3. The Balaban J connectivity index is 0.000000956. The summed E-state index contributed by atoms with van der Waals surface area (Å²) in [6.07, 6.45) is 4.64. The number of para-hydroxylation sites is 1. The quantitative estimate of drug-likeness (QED) is 0.650. The molecule has 0 aliphatic heterocycles. The number of nitrogens with two attached hydrogens (primary N) is 2. The first kappa shape index (κ1) is 16.4. The summed E-state index contributed by atoms with van der Waals surface area (Å²) in [5.41, 5.74) is 5.16. The van der Waals surface area contributed by atoms with Crippen molar-refractivity contribution in [1.82, 2.24) is 9.78 Å². The van der Waals surface area contributed by atoms with Crippen molar-refractivity contribution in [3.8, 4) is 5.69 Å². The average molecular weight is 274 g/mol. The van der Waals surface area contributed by atoms with Crippen LogP contribution < -0.4 is 11.7 Å². The Bertz CT molecular complexity index is 503. The molecule has 2 aromatic rings. The number of unbranched alkanes of at least 4 members (excludes halogenated alkanes) is 1. The minimum absolute atomic E-state index is 1.07. The van der Waals surface area contributed by atoms with Gasteiger partial charge in [-0.1, -0.05) is 38.5 Å². The van der Waals surface area contributed by atoms with Gasteiger partial charge in [0.1, 0.15) is 0 Å². The van der Waals surface area contributed by atoms with Gasteiger partial charge in [0.15, 0.2) is 0 Å². The molecule has 0 unspecified atom stereocenters. The number of benzene rings is 1. The molecular formula is C16H26N4. The van der Waals surface area contributed by atoms with Crippen LogP contribution in [0.5, 0.6) is 0 Å². The van der Waals surface area contributed by atoms with Crippen molar-refractivity contribution < 1.29 is 0 Å². The fourth-order valence-corrected chi connectivity index (χ4v) is 2.45. The Hall–Kier alpha value is -1.65. The van der Waals surface area contributed by atoms with E-state index in [0.717, 1.165) is 12.8 Å². The van der Waals surface area contributed by atoms with Crippen molar-refractivity contribution in [3.05, 3.63) is 47.3 Å². The molecule has 0 radical (unpaired) electrons. The van der Waals surface area contributed by atoms with Crippen molar-refractivity contribution in [1.29, 1.82) is 0 Å². The van der Waals surface area contributed by atoms with Gasteiger partial charge in [-0.3, -0.25) is 11.7 Å². The van der Waals surface area contributed by atoms with Gasteiger partial charge >= 0.3 is 0 Å². The molecule has 4 N–H and O–H groups in total. The van der Waals surface area contributed by atoms with E-state index < -0.39 is 0 Å². The van der Waals surface area contributed by atoms with Gasteiger partial charge in [-0.05, 0) is 43.9 Å². The summed E-state index contributed by atoms with van der Waals surface area (Å²) in [5.74, 6) is 8.00. The minimum Gasteiger partial charge on any atom is -0.274 e. The molecule has 0 aliphatic carbocycles. The molecule has 0 atom stereocenters. The number of hydrogen-bond donors (Lipinski definition) is 2. The van der Waals surface area contributed by atoms with Crippen LogP contribution in [0.15, 0.2) is 30.3 Å². The molecule has 0 fully saturated rings. The molecule has 20 heavy (non-hydrogen) atoms. The molecule has 1 heterocycles. The molecule has 0 saturated carbocycles. The Kier molecular flexibility index (Phi) is 6.98. The monoisotopic (exact) mass is 274 g/mol. The highest BCUT2D eigenvalue weighted by molar-refractivity contribution is 5.37. The molecule has 4 heteroatoms. The van der Waals surface area contributed by atoms with Crippen molar-refractivity contribution in [2.45, 2.75) is 46.5 Å². The number of aryl methyl sites for hydroxylation is 1. The third-order valence-electron chi connectivity index (χ3n) is 3.41. The zero-order chi connectivity index (χ0) is 15.0. The van der Waals surface area contributed by atoms with Crippen LogP contribution in [0.4, 0.5) is 0 Å². The topological polar surface area (TPSA) is 69.9 Å². The van der Waals surface area contributed by atoms with Crippen molar-refractivity contribution in [2.24, 2.45) is 11.7 Å². The zero-order valence-corrected chi connectivity index (χ0v) is 12.8. The smallest absolute Gasteiger partial charge is 0.0649 e. The van der Waals surface area contributed by atoms with E-state index in [-0.39, 0.29) is 0 Å². The SMILES string of the molecule is CCCCc1c(CC)c(C)nn1-c1ccccc1.NN. The van der Waals surface area contributed by atoms with E-state index in [0.29, 0.717) is 0 Å². The normalized spacial score (nSPS) is 10.1. The molecule has 4 nitrogen and oxygen atoms in total. The summed E-state index contributed by atoms with van der Waals surface area (Å²) in [4.78, 5) is 0. The third kappa shape index (κ3) is 3.68. The number of aromatic nitrogens is 2.